The van der Waals surface area contributed by atoms with E-state index in [0.29, 0.717) is 23.3 Å². The minimum atomic E-state index is -1.98. The Labute approximate surface area is 342 Å². The van der Waals surface area contributed by atoms with Gasteiger partial charge in [0.25, 0.3) is 0 Å². The van der Waals surface area contributed by atoms with Crippen molar-refractivity contribution in [3.63, 3.8) is 0 Å². The smallest absolute Gasteiger partial charge is 0.240 e. The number of hydrogen-bond donors (Lipinski definition) is 0. The lowest BCUT2D eigenvalue weighted by molar-refractivity contribution is 0.892. The van der Waals surface area contributed by atoms with Gasteiger partial charge in [0, 0.05) is 46.7 Å². The summed E-state index contributed by atoms with van der Waals surface area (Å²) >= 11 is 0. The first-order valence-corrected chi connectivity index (χ1v) is 21.1. The third-order valence-electron chi connectivity index (χ3n) is 11.1. The SMILES string of the molecule is N#Cc1ccc2c(c1)c1ccccc1n2-c1nc(-c2cccc(S(c3ccccc3)(c3ccccc3)c3ccccc3)c2)nc(-n2c3ccccc3c3ccccc32)n1. The molecule has 0 aliphatic heterocycles. The van der Waals surface area contributed by atoms with Gasteiger partial charge in [-0.2, -0.15) is 20.2 Å². The van der Waals surface area contributed by atoms with E-state index in [2.05, 4.69) is 191 Å². The van der Waals surface area contributed by atoms with Gasteiger partial charge in [0.1, 0.15) is 0 Å². The van der Waals surface area contributed by atoms with Gasteiger partial charge in [0.2, 0.25) is 11.9 Å². The van der Waals surface area contributed by atoms with Crippen LogP contribution in [0.3, 0.4) is 0 Å². The Morgan fingerprint density at radius 2 is 0.797 bits per heavy atom. The van der Waals surface area contributed by atoms with E-state index in [-0.39, 0.29) is 0 Å². The molecule has 0 saturated heterocycles. The highest BCUT2D eigenvalue weighted by molar-refractivity contribution is 8.34. The third kappa shape index (κ3) is 5.46. The van der Waals surface area contributed by atoms with E-state index in [4.69, 9.17) is 15.0 Å². The number of nitrogens with zero attached hydrogens (tertiary/aromatic N) is 6. The van der Waals surface area contributed by atoms with Crippen molar-refractivity contribution in [3.05, 3.63) is 212 Å². The first-order chi connectivity index (χ1) is 29.2. The highest BCUT2D eigenvalue weighted by Gasteiger charge is 2.33. The molecule has 0 spiro atoms. The fourth-order valence-corrected chi connectivity index (χ4v) is 12.5. The molecule has 0 fully saturated rings. The molecular formula is C52H34N6S. The number of fused-ring (bicyclic) bond motifs is 6. The molecule has 11 rings (SSSR count). The Morgan fingerprint density at radius 3 is 1.29 bits per heavy atom. The van der Waals surface area contributed by atoms with Crippen molar-refractivity contribution in [1.29, 1.82) is 5.26 Å². The number of benzene rings is 8. The Balaban J connectivity index is 1.23. The minimum absolute atomic E-state index is 0.487. The lowest BCUT2D eigenvalue weighted by Crippen LogP contribution is -2.10. The van der Waals surface area contributed by atoms with Crippen LogP contribution in [0.2, 0.25) is 0 Å². The van der Waals surface area contributed by atoms with Gasteiger partial charge < -0.3 is 0 Å². The van der Waals surface area contributed by atoms with Crippen molar-refractivity contribution in [1.82, 2.24) is 24.1 Å². The lowest BCUT2D eigenvalue weighted by atomic mass is 10.1. The standard InChI is InChI=1S/C52H34N6S/c53-35-36-31-32-49-45(33-36)44-27-12-15-30-48(44)58(49)52-55-50(54-51(56-52)57-46-28-13-10-25-42(46)43-26-11-14-29-47(43)57)37-17-16-24-41(34-37)59(38-18-4-1-5-19-38,39-20-6-2-7-21-39)40-22-8-3-9-23-40/h1-34H. The zero-order valence-corrected chi connectivity index (χ0v) is 32.5. The molecule has 7 heteroatoms. The van der Waals surface area contributed by atoms with Crippen LogP contribution >= 0.6 is 10.0 Å². The van der Waals surface area contributed by atoms with E-state index in [9.17, 15) is 5.26 Å². The van der Waals surface area contributed by atoms with E-state index in [1.807, 2.05) is 30.3 Å². The first-order valence-electron chi connectivity index (χ1n) is 19.5. The van der Waals surface area contributed by atoms with E-state index in [0.717, 1.165) is 49.2 Å². The molecule has 0 amide bonds. The fraction of sp³-hybridized carbons (Fsp3) is 0. The van der Waals surface area contributed by atoms with Crippen molar-refractivity contribution in [2.45, 2.75) is 19.6 Å². The van der Waals surface area contributed by atoms with Crippen LogP contribution in [0.25, 0.3) is 66.9 Å². The van der Waals surface area contributed by atoms with Crippen LogP contribution < -0.4 is 0 Å². The van der Waals surface area contributed by atoms with E-state index < -0.39 is 10.0 Å². The molecule has 3 heterocycles. The largest absolute Gasteiger partial charge is 0.278 e. The zero-order valence-electron chi connectivity index (χ0n) is 31.7. The predicted octanol–water partition coefficient (Wildman–Crippen LogP) is 12.9. The van der Waals surface area contributed by atoms with Crippen molar-refractivity contribution in [2.75, 3.05) is 0 Å². The molecule has 278 valence electrons. The molecule has 59 heavy (non-hydrogen) atoms. The second-order valence-electron chi connectivity index (χ2n) is 14.4. The normalized spacial score (nSPS) is 12.0. The number of aromatic nitrogens is 5. The highest BCUT2D eigenvalue weighted by atomic mass is 32.3. The molecule has 0 atom stereocenters. The highest BCUT2D eigenvalue weighted by Crippen LogP contribution is 2.73. The van der Waals surface area contributed by atoms with Crippen LogP contribution in [0.15, 0.2) is 226 Å². The van der Waals surface area contributed by atoms with E-state index in [1.165, 1.54) is 19.6 Å². The maximum Gasteiger partial charge on any atom is 0.240 e. The average molecular weight is 775 g/mol. The Bertz CT molecular complexity index is 3250. The van der Waals surface area contributed by atoms with Gasteiger partial charge in [-0.05, 0) is 84.9 Å². The lowest BCUT2D eigenvalue weighted by Gasteiger charge is -2.42. The Kier molecular flexibility index (Phi) is 8.17. The van der Waals surface area contributed by atoms with Crippen molar-refractivity contribution >= 4 is 53.6 Å². The molecule has 0 aliphatic rings. The maximum atomic E-state index is 9.88. The summed E-state index contributed by atoms with van der Waals surface area (Å²) < 4.78 is 4.25. The van der Waals surface area contributed by atoms with Gasteiger partial charge in [-0.1, -0.05) is 121 Å². The van der Waals surface area contributed by atoms with Crippen molar-refractivity contribution < 1.29 is 0 Å². The van der Waals surface area contributed by atoms with Crippen LogP contribution in [0.1, 0.15) is 5.56 Å². The Hall–Kier alpha value is -7.79. The van der Waals surface area contributed by atoms with Gasteiger partial charge in [0.05, 0.1) is 33.7 Å². The molecule has 0 N–H and O–H groups in total. The fourth-order valence-electron chi connectivity index (χ4n) is 8.59. The van der Waals surface area contributed by atoms with E-state index >= 15 is 0 Å². The molecule has 0 bridgehead atoms. The molecular weight excluding hydrogens is 741 g/mol. The number of nitriles is 1. The summed E-state index contributed by atoms with van der Waals surface area (Å²) in [5.74, 6) is 1.55. The number of para-hydroxylation sites is 3. The molecule has 6 nitrogen and oxygen atoms in total. The van der Waals surface area contributed by atoms with Crippen molar-refractivity contribution in [2.24, 2.45) is 0 Å². The van der Waals surface area contributed by atoms with Crippen LogP contribution in [-0.2, 0) is 0 Å². The summed E-state index contributed by atoms with van der Waals surface area (Å²) in [5.41, 5.74) is 5.34. The topological polar surface area (TPSA) is 72.3 Å². The summed E-state index contributed by atoms with van der Waals surface area (Å²) in [4.78, 5) is 21.0. The number of hydrogen-bond acceptors (Lipinski definition) is 4. The molecule has 8 aromatic carbocycles. The summed E-state index contributed by atoms with van der Waals surface area (Å²) in [6, 6.07) is 74.5. The van der Waals surface area contributed by atoms with Gasteiger partial charge in [-0.15, -0.1) is 10.0 Å². The maximum absolute atomic E-state index is 9.88. The summed E-state index contributed by atoms with van der Waals surface area (Å²) in [5, 5.41) is 14.1. The second kappa shape index (κ2) is 14.0. The molecule has 0 unspecified atom stereocenters. The molecule has 0 radical (unpaired) electrons. The van der Waals surface area contributed by atoms with Crippen LogP contribution in [0.4, 0.5) is 0 Å². The third-order valence-corrected chi connectivity index (χ3v) is 15.0. The quantitative estimate of drug-likeness (QED) is 0.162. The minimum Gasteiger partial charge on any atom is -0.278 e. The van der Waals surface area contributed by atoms with Crippen LogP contribution in [0, 0.1) is 11.3 Å². The van der Waals surface area contributed by atoms with Crippen LogP contribution in [0.5, 0.6) is 0 Å². The van der Waals surface area contributed by atoms with Crippen molar-refractivity contribution in [3.8, 4) is 29.4 Å². The summed E-state index contributed by atoms with van der Waals surface area (Å²) in [6.07, 6.45) is 0. The van der Waals surface area contributed by atoms with E-state index in [1.54, 1.807) is 0 Å². The molecule has 0 saturated carbocycles. The number of rotatable bonds is 7. The summed E-state index contributed by atoms with van der Waals surface area (Å²) in [7, 11) is -1.98. The average Bonchev–Trinajstić information content (AvgIpc) is 3.83. The predicted molar refractivity (Wildman–Crippen MR) is 239 cm³/mol. The first kappa shape index (κ1) is 34.5. The zero-order chi connectivity index (χ0) is 39.3. The Morgan fingerprint density at radius 1 is 0.373 bits per heavy atom. The van der Waals surface area contributed by atoms with Gasteiger partial charge >= 0.3 is 0 Å². The van der Waals surface area contributed by atoms with Gasteiger partial charge in [-0.25, -0.2) is 0 Å². The summed E-state index contributed by atoms with van der Waals surface area (Å²) in [6.45, 7) is 0. The molecule has 0 aliphatic carbocycles. The van der Waals surface area contributed by atoms with Crippen LogP contribution in [-0.4, -0.2) is 24.1 Å². The second-order valence-corrected chi connectivity index (χ2v) is 17.5. The van der Waals surface area contributed by atoms with Gasteiger partial charge in [-0.3, -0.25) is 9.13 Å². The molecule has 3 aromatic heterocycles. The van der Waals surface area contributed by atoms with Gasteiger partial charge in [0.15, 0.2) is 5.82 Å². The monoisotopic (exact) mass is 774 g/mol. The molecule has 11 aromatic rings.